The van der Waals surface area contributed by atoms with Crippen molar-refractivity contribution in [3.05, 3.63) is 57.4 Å². The van der Waals surface area contributed by atoms with E-state index in [1.165, 1.54) is 11.9 Å². The molecule has 186 valence electrons. The molecule has 0 saturated heterocycles. The molecule has 0 N–H and O–H groups in total. The second kappa shape index (κ2) is 8.66. The van der Waals surface area contributed by atoms with E-state index in [1.807, 2.05) is 0 Å². The SMILES string of the molecule is Cc1nn(C)c2nc(Cl)c(CN(Cc3cc(C(F)(F)F)cc(C(F)(F)F)c3)c3nnn(C)n3)cc12. The molecule has 3 heterocycles. The van der Waals surface area contributed by atoms with Gasteiger partial charge in [0.1, 0.15) is 5.15 Å². The van der Waals surface area contributed by atoms with Gasteiger partial charge in [0.2, 0.25) is 0 Å². The van der Waals surface area contributed by atoms with Crippen molar-refractivity contribution in [1.29, 1.82) is 0 Å². The van der Waals surface area contributed by atoms with Gasteiger partial charge in [0, 0.05) is 31.1 Å². The Hall–Kier alpha value is -3.42. The Labute approximate surface area is 199 Å². The summed E-state index contributed by atoms with van der Waals surface area (Å²) in [4.78, 5) is 6.81. The molecule has 0 unspecified atom stereocenters. The number of fused-ring (bicyclic) bond motifs is 1. The maximum absolute atomic E-state index is 13.3. The molecule has 0 radical (unpaired) electrons. The minimum Gasteiger partial charge on any atom is -0.329 e. The second-order valence-corrected chi connectivity index (χ2v) is 8.23. The summed E-state index contributed by atoms with van der Waals surface area (Å²) in [5.41, 5.74) is -1.44. The summed E-state index contributed by atoms with van der Waals surface area (Å²) in [6.45, 7) is 1.31. The summed E-state index contributed by atoms with van der Waals surface area (Å²) >= 11 is 6.36. The van der Waals surface area contributed by atoms with Crippen LogP contribution in [0, 0.1) is 6.92 Å². The number of aryl methyl sites for hydroxylation is 3. The maximum Gasteiger partial charge on any atom is 0.416 e. The number of halogens is 7. The van der Waals surface area contributed by atoms with Gasteiger partial charge in [-0.2, -0.15) is 36.2 Å². The first-order chi connectivity index (χ1) is 16.2. The van der Waals surface area contributed by atoms with Crippen molar-refractivity contribution in [2.45, 2.75) is 32.4 Å². The lowest BCUT2D eigenvalue weighted by Gasteiger charge is -2.23. The van der Waals surface area contributed by atoms with Gasteiger partial charge in [0.15, 0.2) is 5.65 Å². The van der Waals surface area contributed by atoms with E-state index in [-0.39, 0.29) is 35.8 Å². The van der Waals surface area contributed by atoms with Crippen molar-refractivity contribution in [2.24, 2.45) is 14.1 Å². The van der Waals surface area contributed by atoms with Crippen molar-refractivity contribution < 1.29 is 26.3 Å². The zero-order valence-electron chi connectivity index (χ0n) is 18.4. The molecule has 3 aromatic heterocycles. The minimum absolute atomic E-state index is 0.0162. The van der Waals surface area contributed by atoms with E-state index >= 15 is 0 Å². The van der Waals surface area contributed by atoms with E-state index in [0.29, 0.717) is 34.4 Å². The van der Waals surface area contributed by atoms with Crippen LogP contribution in [0.1, 0.15) is 27.9 Å². The first-order valence-corrected chi connectivity index (χ1v) is 10.4. The third kappa shape index (κ3) is 5.16. The van der Waals surface area contributed by atoms with Crippen LogP contribution in [0.5, 0.6) is 0 Å². The van der Waals surface area contributed by atoms with Crippen molar-refractivity contribution in [3.63, 3.8) is 0 Å². The number of pyridine rings is 1. The molecule has 15 heteroatoms. The highest BCUT2D eigenvalue weighted by atomic mass is 35.5. The Bertz CT molecular complexity index is 1360. The summed E-state index contributed by atoms with van der Waals surface area (Å²) in [6.07, 6.45) is -9.94. The predicted octanol–water partition coefficient (Wildman–Crippen LogP) is 4.70. The van der Waals surface area contributed by atoms with Crippen LogP contribution in [0.25, 0.3) is 11.0 Å². The van der Waals surface area contributed by atoms with Crippen LogP contribution in [0.2, 0.25) is 5.15 Å². The highest BCUT2D eigenvalue weighted by Gasteiger charge is 2.37. The smallest absolute Gasteiger partial charge is 0.329 e. The standard InChI is InChI=1S/C20H17ClF6N8/c1-10-15-6-12(16(21)28-17(15)33(2)30-10)9-35(18-29-32-34(3)31-18)8-11-4-13(19(22,23)24)7-14(5-11)20(25,26)27/h4-7H,8-9H2,1-3H3. The van der Waals surface area contributed by atoms with E-state index < -0.39 is 23.5 Å². The number of hydrogen-bond acceptors (Lipinski definition) is 6. The Kier molecular flexibility index (Phi) is 6.11. The molecular formula is C20H17ClF6N8. The Morgan fingerprint density at radius 3 is 2.09 bits per heavy atom. The molecule has 4 aromatic rings. The van der Waals surface area contributed by atoms with Gasteiger partial charge in [-0.1, -0.05) is 16.7 Å². The molecule has 0 aliphatic rings. The third-order valence-electron chi connectivity index (χ3n) is 5.19. The predicted molar refractivity (Wildman–Crippen MR) is 113 cm³/mol. The first kappa shape index (κ1) is 24.7. The van der Waals surface area contributed by atoms with Gasteiger partial charge in [-0.15, -0.1) is 5.10 Å². The van der Waals surface area contributed by atoms with Crippen LogP contribution in [0.15, 0.2) is 24.3 Å². The van der Waals surface area contributed by atoms with Crippen LogP contribution >= 0.6 is 11.6 Å². The fraction of sp³-hybridized carbons (Fsp3) is 0.350. The zero-order valence-corrected chi connectivity index (χ0v) is 19.2. The quantitative estimate of drug-likeness (QED) is 0.282. The Balaban J connectivity index is 1.77. The fourth-order valence-electron chi connectivity index (χ4n) is 3.61. The molecule has 0 amide bonds. The molecule has 0 spiro atoms. The highest BCUT2D eigenvalue weighted by molar-refractivity contribution is 6.30. The largest absolute Gasteiger partial charge is 0.416 e. The van der Waals surface area contributed by atoms with Crippen LogP contribution in [-0.4, -0.2) is 35.0 Å². The van der Waals surface area contributed by atoms with Gasteiger partial charge in [-0.25, -0.2) is 4.98 Å². The molecule has 0 fully saturated rings. The zero-order chi connectivity index (χ0) is 25.7. The Morgan fingerprint density at radius 1 is 0.914 bits per heavy atom. The summed E-state index contributed by atoms with van der Waals surface area (Å²) in [6, 6.07) is 3.11. The molecule has 4 rings (SSSR count). The van der Waals surface area contributed by atoms with Gasteiger partial charge in [-0.05, 0) is 42.0 Å². The normalized spacial score (nSPS) is 12.5. The van der Waals surface area contributed by atoms with Crippen LogP contribution in [0.4, 0.5) is 32.3 Å². The number of aromatic nitrogens is 7. The van der Waals surface area contributed by atoms with E-state index in [4.69, 9.17) is 11.6 Å². The van der Waals surface area contributed by atoms with Gasteiger partial charge < -0.3 is 4.90 Å². The summed E-state index contributed by atoms with van der Waals surface area (Å²) in [5.74, 6) is -0.0162. The maximum atomic E-state index is 13.3. The van der Waals surface area contributed by atoms with Crippen LogP contribution in [-0.2, 0) is 39.5 Å². The van der Waals surface area contributed by atoms with Gasteiger partial charge >= 0.3 is 12.4 Å². The summed E-state index contributed by atoms with van der Waals surface area (Å²) in [5, 5.41) is 16.7. The van der Waals surface area contributed by atoms with Crippen molar-refractivity contribution in [2.75, 3.05) is 4.90 Å². The monoisotopic (exact) mass is 518 g/mol. The second-order valence-electron chi connectivity index (χ2n) is 7.87. The van der Waals surface area contributed by atoms with Crippen molar-refractivity contribution >= 4 is 28.6 Å². The number of alkyl halides is 6. The summed E-state index contributed by atoms with van der Waals surface area (Å²) in [7, 11) is 3.17. The average Bonchev–Trinajstić information content (AvgIpc) is 3.29. The Morgan fingerprint density at radius 2 is 1.54 bits per heavy atom. The lowest BCUT2D eigenvalue weighted by molar-refractivity contribution is -0.143. The molecule has 0 aliphatic carbocycles. The van der Waals surface area contributed by atoms with Crippen LogP contribution < -0.4 is 4.90 Å². The van der Waals surface area contributed by atoms with Crippen molar-refractivity contribution in [3.8, 4) is 0 Å². The lowest BCUT2D eigenvalue weighted by atomic mass is 10.0. The van der Waals surface area contributed by atoms with E-state index in [1.54, 1.807) is 24.7 Å². The fourth-order valence-corrected chi connectivity index (χ4v) is 3.80. The van der Waals surface area contributed by atoms with Crippen LogP contribution in [0.3, 0.4) is 0 Å². The molecule has 0 atom stereocenters. The molecule has 35 heavy (non-hydrogen) atoms. The van der Waals surface area contributed by atoms with E-state index in [0.717, 1.165) is 4.80 Å². The number of hydrogen-bond donors (Lipinski definition) is 0. The molecular weight excluding hydrogens is 502 g/mol. The average molecular weight is 519 g/mol. The minimum atomic E-state index is -4.97. The lowest BCUT2D eigenvalue weighted by Crippen LogP contribution is -2.25. The molecule has 0 bridgehead atoms. The number of rotatable bonds is 5. The number of nitrogens with zero attached hydrogens (tertiary/aromatic N) is 8. The molecule has 0 saturated carbocycles. The molecule has 0 aliphatic heterocycles. The van der Waals surface area contributed by atoms with E-state index in [2.05, 4.69) is 25.5 Å². The molecule has 1 aromatic carbocycles. The third-order valence-corrected chi connectivity index (χ3v) is 5.51. The van der Waals surface area contributed by atoms with Gasteiger partial charge in [-0.3, -0.25) is 4.68 Å². The topological polar surface area (TPSA) is 77.5 Å². The highest BCUT2D eigenvalue weighted by Crippen LogP contribution is 2.37. The number of anilines is 1. The van der Waals surface area contributed by atoms with E-state index in [9.17, 15) is 26.3 Å². The number of benzene rings is 1. The first-order valence-electron chi connectivity index (χ1n) is 9.98. The van der Waals surface area contributed by atoms with Gasteiger partial charge in [0.25, 0.3) is 5.95 Å². The van der Waals surface area contributed by atoms with Gasteiger partial charge in [0.05, 0.1) is 23.9 Å². The summed E-state index contributed by atoms with van der Waals surface area (Å²) < 4.78 is 81.6. The number of tetrazole rings is 1. The van der Waals surface area contributed by atoms with Crippen molar-refractivity contribution in [1.82, 2.24) is 35.0 Å². The molecule has 8 nitrogen and oxygen atoms in total.